The maximum absolute atomic E-state index is 12.3. The molecule has 1 aliphatic heterocycles. The number of aromatic nitrogens is 4. The summed E-state index contributed by atoms with van der Waals surface area (Å²) in [5, 5.41) is 10.6. The summed E-state index contributed by atoms with van der Waals surface area (Å²) >= 11 is 0.998. The second-order valence-corrected chi connectivity index (χ2v) is 11.5. The van der Waals surface area contributed by atoms with Gasteiger partial charge in [0.25, 0.3) is 5.56 Å². The largest absolute Gasteiger partial charge is 0.497 e. The highest BCUT2D eigenvalue weighted by Crippen LogP contribution is 2.44. The minimum Gasteiger partial charge on any atom is -0.497 e. The molecule has 0 unspecified atom stereocenters. The number of thioether (sulfide) groups is 1. The number of carbonyl (C=O) groups is 1. The number of aliphatic hydroxyl groups is 1. The lowest BCUT2D eigenvalue weighted by molar-refractivity contribution is -0.109. The Kier molecular flexibility index (Phi) is 8.13. The van der Waals surface area contributed by atoms with Crippen LogP contribution in [0.25, 0.3) is 11.2 Å². The smallest absolute Gasteiger partial charge is 0.278 e. The van der Waals surface area contributed by atoms with Crippen molar-refractivity contribution < 1.29 is 24.1 Å². The number of nitrogens with one attached hydrogen (secondary N) is 1. The van der Waals surface area contributed by atoms with Gasteiger partial charge in [0.15, 0.2) is 22.5 Å². The highest BCUT2D eigenvalue weighted by atomic mass is 32.2. The van der Waals surface area contributed by atoms with E-state index in [0.29, 0.717) is 5.75 Å². The number of aromatic amines is 1. The molecule has 3 aromatic carbocycles. The number of hydrogen-bond donors (Lipinski definition) is 2. The minimum atomic E-state index is -1.12. The molecule has 5 aromatic rings. The molecule has 1 saturated heterocycles. The molecule has 6 rings (SSSR count). The SMILES string of the molecule is COc1ccc(C(OC[C@H]2O[C@@H](n3cnc4c(=O)[nH]cnc43)[C@H](O)[C@@H]2SC(C)=O)(c2ccccc2)c2ccccc2)cc1. The van der Waals surface area contributed by atoms with Gasteiger partial charge >= 0.3 is 0 Å². The van der Waals surface area contributed by atoms with Crippen LogP contribution in [0.1, 0.15) is 29.8 Å². The van der Waals surface area contributed by atoms with Crippen LogP contribution in [0.15, 0.2) is 102 Å². The Morgan fingerprint density at radius 3 is 2.23 bits per heavy atom. The topological polar surface area (TPSA) is 129 Å². The molecule has 0 bridgehead atoms. The number of fused-ring (bicyclic) bond motifs is 1. The molecule has 0 aliphatic carbocycles. The van der Waals surface area contributed by atoms with Crippen LogP contribution in [0, 0.1) is 0 Å². The average molecular weight is 599 g/mol. The van der Waals surface area contributed by atoms with Gasteiger partial charge in [-0.05, 0) is 28.8 Å². The van der Waals surface area contributed by atoms with Gasteiger partial charge in [0.05, 0.1) is 37.7 Å². The molecule has 220 valence electrons. The van der Waals surface area contributed by atoms with Crippen LogP contribution in [-0.4, -0.2) is 60.9 Å². The molecule has 0 radical (unpaired) electrons. The van der Waals surface area contributed by atoms with Gasteiger partial charge in [-0.3, -0.25) is 14.2 Å². The van der Waals surface area contributed by atoms with Crippen molar-refractivity contribution in [3.05, 3.63) is 125 Å². The predicted octanol–water partition coefficient (Wildman–Crippen LogP) is 4.04. The van der Waals surface area contributed by atoms with Crippen molar-refractivity contribution in [1.29, 1.82) is 0 Å². The highest BCUT2D eigenvalue weighted by Gasteiger charge is 2.48. The fourth-order valence-corrected chi connectivity index (χ4v) is 6.55. The number of benzene rings is 3. The van der Waals surface area contributed by atoms with Gasteiger partial charge in [0.2, 0.25) is 0 Å². The molecule has 4 atom stereocenters. The summed E-state index contributed by atoms with van der Waals surface area (Å²) in [5.74, 6) is 0.710. The van der Waals surface area contributed by atoms with Crippen molar-refractivity contribution in [2.75, 3.05) is 13.7 Å². The van der Waals surface area contributed by atoms with E-state index in [2.05, 4.69) is 15.0 Å². The third kappa shape index (κ3) is 5.36. The summed E-state index contributed by atoms with van der Waals surface area (Å²) < 4.78 is 20.3. The molecule has 11 heteroatoms. The van der Waals surface area contributed by atoms with Crippen LogP contribution in [0.3, 0.4) is 0 Å². The number of methoxy groups -OCH3 is 1. The van der Waals surface area contributed by atoms with Gasteiger partial charge in [0, 0.05) is 6.92 Å². The second kappa shape index (κ2) is 12.1. The Balaban J connectivity index is 1.42. The van der Waals surface area contributed by atoms with Gasteiger partial charge in [-0.15, -0.1) is 0 Å². The second-order valence-electron chi connectivity index (χ2n) is 10.1. The normalized spacial score (nSPS) is 20.3. The lowest BCUT2D eigenvalue weighted by Gasteiger charge is -2.37. The van der Waals surface area contributed by atoms with E-state index >= 15 is 0 Å². The third-order valence-corrected chi connectivity index (χ3v) is 8.76. The van der Waals surface area contributed by atoms with Crippen LogP contribution in [0.2, 0.25) is 0 Å². The number of H-pyrrole nitrogens is 1. The van der Waals surface area contributed by atoms with Crippen molar-refractivity contribution in [2.45, 2.75) is 36.2 Å². The number of aliphatic hydroxyl groups excluding tert-OH is 1. The lowest BCUT2D eigenvalue weighted by atomic mass is 9.80. The maximum atomic E-state index is 12.3. The quantitative estimate of drug-likeness (QED) is 0.242. The molecule has 1 fully saturated rings. The number of rotatable bonds is 9. The summed E-state index contributed by atoms with van der Waals surface area (Å²) in [7, 11) is 1.62. The number of hydrogen-bond acceptors (Lipinski definition) is 9. The Morgan fingerprint density at radius 1 is 1.00 bits per heavy atom. The lowest BCUT2D eigenvalue weighted by Crippen LogP contribution is -2.39. The van der Waals surface area contributed by atoms with Crippen molar-refractivity contribution in [2.24, 2.45) is 0 Å². The fourth-order valence-electron chi connectivity index (χ4n) is 5.60. The van der Waals surface area contributed by atoms with Crippen LogP contribution >= 0.6 is 11.8 Å². The van der Waals surface area contributed by atoms with Crippen LogP contribution in [0.4, 0.5) is 0 Å². The van der Waals surface area contributed by atoms with Gasteiger partial charge in [-0.25, -0.2) is 9.97 Å². The Bertz CT molecular complexity index is 1720. The van der Waals surface area contributed by atoms with Gasteiger partial charge in [0.1, 0.15) is 17.5 Å². The first kappa shape index (κ1) is 28.8. The molecule has 0 saturated carbocycles. The first-order valence-electron chi connectivity index (χ1n) is 13.7. The average Bonchev–Trinajstić information content (AvgIpc) is 3.60. The third-order valence-electron chi connectivity index (χ3n) is 7.57. The molecular formula is C32H30N4O6S. The number of ether oxygens (including phenoxy) is 3. The summed E-state index contributed by atoms with van der Waals surface area (Å²) in [6.45, 7) is 1.47. The molecular weight excluding hydrogens is 568 g/mol. The van der Waals surface area contributed by atoms with Gasteiger partial charge in [-0.1, -0.05) is 84.6 Å². The molecule has 3 heterocycles. The van der Waals surface area contributed by atoms with E-state index in [1.54, 1.807) is 7.11 Å². The van der Waals surface area contributed by atoms with Gasteiger partial charge < -0.3 is 24.3 Å². The van der Waals surface area contributed by atoms with E-state index in [1.807, 2.05) is 84.9 Å². The van der Waals surface area contributed by atoms with Crippen molar-refractivity contribution >= 4 is 28.0 Å². The van der Waals surface area contributed by atoms with Crippen LogP contribution < -0.4 is 10.3 Å². The first-order chi connectivity index (χ1) is 20.9. The molecule has 0 amide bonds. The Labute approximate surface area is 251 Å². The van der Waals surface area contributed by atoms with E-state index in [0.717, 1.165) is 28.5 Å². The van der Waals surface area contributed by atoms with Crippen molar-refractivity contribution in [3.8, 4) is 5.75 Å². The highest BCUT2D eigenvalue weighted by molar-refractivity contribution is 8.14. The molecule has 1 aliphatic rings. The minimum absolute atomic E-state index is 0.0228. The molecule has 10 nitrogen and oxygen atoms in total. The summed E-state index contributed by atoms with van der Waals surface area (Å²) in [6, 6.07) is 27.5. The van der Waals surface area contributed by atoms with Gasteiger partial charge in [-0.2, -0.15) is 0 Å². The standard InChI is InChI=1S/C32H30N4O6S/c1-20(37)43-28-25(42-31(27(28)38)36-19-35-26-29(36)33-18-34-30(26)39)17-41-32(21-9-5-3-6-10-21,22-11-7-4-8-12-22)23-13-15-24(40-2)16-14-23/h3-16,18-19,25,27-28,31,38H,17H2,1-2H3,(H,33,34,39)/t25-,27-,28-,31-/m1/s1. The summed E-state index contributed by atoms with van der Waals surface area (Å²) in [6.07, 6.45) is -0.0956. The van der Waals surface area contributed by atoms with E-state index in [-0.39, 0.29) is 22.9 Å². The molecule has 2 N–H and O–H groups in total. The molecule has 0 spiro atoms. The van der Waals surface area contributed by atoms with Crippen LogP contribution in [-0.2, 0) is 19.9 Å². The molecule has 2 aromatic heterocycles. The zero-order chi connectivity index (χ0) is 30.0. The van der Waals surface area contributed by atoms with E-state index in [1.165, 1.54) is 24.1 Å². The molecule has 43 heavy (non-hydrogen) atoms. The fraction of sp³-hybridized carbons (Fsp3) is 0.250. The summed E-state index contributed by atoms with van der Waals surface area (Å²) in [5.41, 5.74) is 1.56. The summed E-state index contributed by atoms with van der Waals surface area (Å²) in [4.78, 5) is 35.5. The zero-order valence-electron chi connectivity index (χ0n) is 23.5. The predicted molar refractivity (Wildman–Crippen MR) is 162 cm³/mol. The Morgan fingerprint density at radius 2 is 1.63 bits per heavy atom. The van der Waals surface area contributed by atoms with E-state index < -0.39 is 34.8 Å². The van der Waals surface area contributed by atoms with E-state index in [9.17, 15) is 14.7 Å². The van der Waals surface area contributed by atoms with Crippen LogP contribution in [0.5, 0.6) is 5.75 Å². The Hall–Kier alpha value is -4.29. The first-order valence-corrected chi connectivity index (χ1v) is 14.6. The zero-order valence-corrected chi connectivity index (χ0v) is 24.3. The monoisotopic (exact) mass is 598 g/mol. The van der Waals surface area contributed by atoms with Crippen molar-refractivity contribution in [1.82, 2.24) is 19.5 Å². The number of imidazole rings is 1. The van der Waals surface area contributed by atoms with E-state index in [4.69, 9.17) is 14.2 Å². The number of nitrogens with zero attached hydrogens (tertiary/aromatic N) is 3. The maximum Gasteiger partial charge on any atom is 0.278 e. The number of carbonyl (C=O) groups excluding carboxylic acids is 1. The van der Waals surface area contributed by atoms with Crippen molar-refractivity contribution in [3.63, 3.8) is 0 Å².